The van der Waals surface area contributed by atoms with Crippen LogP contribution in [0.2, 0.25) is 0 Å². The Hall–Kier alpha value is -0.670. The van der Waals surface area contributed by atoms with Crippen LogP contribution in [-0.2, 0) is 0 Å². The van der Waals surface area contributed by atoms with Gasteiger partial charge in [-0.25, -0.2) is 0 Å². The van der Waals surface area contributed by atoms with Crippen LogP contribution in [0.1, 0.15) is 10.9 Å². The molecule has 2 nitrogen and oxygen atoms in total. The molecule has 1 heterocycles. The second-order valence-electron chi connectivity index (χ2n) is 4.19. The maximum atomic E-state index is 2.41. The highest BCUT2D eigenvalue weighted by atomic mass is 32.2. The molecule has 1 atom stereocenters. The van der Waals surface area contributed by atoms with E-state index in [1.165, 1.54) is 23.5 Å². The third-order valence-corrected chi connectivity index (χ3v) is 4.18. The molecule has 0 aliphatic carbocycles. The lowest BCUT2D eigenvalue weighted by Gasteiger charge is -2.20. The molecule has 1 saturated heterocycles. The number of thioether (sulfide) groups is 1. The van der Waals surface area contributed by atoms with Gasteiger partial charge in [0, 0.05) is 32.1 Å². The number of hydrogen-bond donors (Lipinski definition) is 0. The van der Waals surface area contributed by atoms with Crippen molar-refractivity contribution in [2.24, 2.45) is 0 Å². The van der Waals surface area contributed by atoms with Crippen molar-refractivity contribution in [2.75, 3.05) is 38.3 Å². The van der Waals surface area contributed by atoms with Crippen molar-refractivity contribution in [3.05, 3.63) is 29.8 Å². The van der Waals surface area contributed by atoms with E-state index in [0.29, 0.717) is 5.37 Å². The van der Waals surface area contributed by atoms with Crippen LogP contribution in [0.3, 0.4) is 0 Å². The number of benzene rings is 1. The first-order valence-electron chi connectivity index (χ1n) is 5.27. The van der Waals surface area contributed by atoms with Gasteiger partial charge in [0.2, 0.25) is 0 Å². The Bertz CT molecular complexity index is 321. The van der Waals surface area contributed by atoms with E-state index in [1.807, 2.05) is 11.8 Å². The third-order valence-electron chi connectivity index (χ3n) is 2.81. The minimum absolute atomic E-state index is 0.557. The average Bonchev–Trinajstić information content (AvgIpc) is 2.65. The van der Waals surface area contributed by atoms with E-state index < -0.39 is 0 Å². The van der Waals surface area contributed by atoms with Crippen molar-refractivity contribution in [2.45, 2.75) is 5.37 Å². The molecule has 0 amide bonds. The van der Waals surface area contributed by atoms with Gasteiger partial charge in [-0.05, 0) is 24.7 Å². The van der Waals surface area contributed by atoms with Crippen molar-refractivity contribution in [1.82, 2.24) is 4.90 Å². The van der Waals surface area contributed by atoms with Gasteiger partial charge in [0.1, 0.15) is 0 Å². The predicted octanol–water partition coefficient (Wildman–Crippen LogP) is 2.43. The molecule has 1 unspecified atom stereocenters. The quantitative estimate of drug-likeness (QED) is 0.759. The molecule has 2 rings (SSSR count). The van der Waals surface area contributed by atoms with E-state index in [9.17, 15) is 0 Å². The SMILES string of the molecule is CN(C)c1ccc(C2SCCN2C)cc1. The summed E-state index contributed by atoms with van der Waals surface area (Å²) in [6.07, 6.45) is 0. The first-order chi connectivity index (χ1) is 7.18. The Morgan fingerprint density at radius 1 is 1.27 bits per heavy atom. The molecular weight excluding hydrogens is 204 g/mol. The summed E-state index contributed by atoms with van der Waals surface area (Å²) in [7, 11) is 6.35. The largest absolute Gasteiger partial charge is 0.378 e. The molecule has 15 heavy (non-hydrogen) atoms. The molecule has 0 aromatic heterocycles. The smallest absolute Gasteiger partial charge is 0.0812 e. The van der Waals surface area contributed by atoms with Crippen LogP contribution in [0.5, 0.6) is 0 Å². The zero-order valence-corrected chi connectivity index (χ0v) is 10.4. The molecule has 1 fully saturated rings. The molecule has 82 valence electrons. The van der Waals surface area contributed by atoms with Crippen LogP contribution >= 0.6 is 11.8 Å². The normalized spacial score (nSPS) is 21.9. The molecule has 1 aromatic carbocycles. The second kappa shape index (κ2) is 4.45. The van der Waals surface area contributed by atoms with Crippen LogP contribution in [0.25, 0.3) is 0 Å². The Labute approximate surface area is 96.3 Å². The number of anilines is 1. The molecule has 3 heteroatoms. The molecule has 1 aromatic rings. The molecule has 0 N–H and O–H groups in total. The standard InChI is InChI=1S/C12H18N2S/c1-13(2)11-6-4-10(5-7-11)12-14(3)8-9-15-12/h4-7,12H,8-9H2,1-3H3. The summed E-state index contributed by atoms with van der Waals surface area (Å²) in [5.41, 5.74) is 2.69. The van der Waals surface area contributed by atoms with E-state index in [-0.39, 0.29) is 0 Å². The van der Waals surface area contributed by atoms with Gasteiger partial charge in [-0.2, -0.15) is 0 Å². The van der Waals surface area contributed by atoms with Gasteiger partial charge < -0.3 is 4.90 Å². The molecule has 0 radical (unpaired) electrons. The van der Waals surface area contributed by atoms with Crippen molar-refractivity contribution in [3.8, 4) is 0 Å². The summed E-state index contributed by atoms with van der Waals surface area (Å²) in [5, 5.41) is 0.557. The zero-order valence-electron chi connectivity index (χ0n) is 9.60. The van der Waals surface area contributed by atoms with Crippen molar-refractivity contribution in [1.29, 1.82) is 0 Å². The lowest BCUT2D eigenvalue weighted by molar-refractivity contribution is 0.358. The predicted molar refractivity (Wildman–Crippen MR) is 68.6 cm³/mol. The lowest BCUT2D eigenvalue weighted by Crippen LogP contribution is -2.17. The lowest BCUT2D eigenvalue weighted by atomic mass is 10.2. The second-order valence-corrected chi connectivity index (χ2v) is 5.38. The first kappa shape index (κ1) is 10.8. The van der Waals surface area contributed by atoms with Gasteiger partial charge in [-0.1, -0.05) is 12.1 Å². The van der Waals surface area contributed by atoms with E-state index in [2.05, 4.69) is 55.2 Å². The fraction of sp³-hybridized carbons (Fsp3) is 0.500. The van der Waals surface area contributed by atoms with Gasteiger partial charge in [0.15, 0.2) is 0 Å². The molecule has 0 bridgehead atoms. The maximum absolute atomic E-state index is 2.41. The number of hydrogen-bond acceptors (Lipinski definition) is 3. The summed E-state index contributed by atoms with van der Waals surface area (Å²) in [6.45, 7) is 1.20. The highest BCUT2D eigenvalue weighted by Crippen LogP contribution is 2.36. The molecule has 0 saturated carbocycles. The van der Waals surface area contributed by atoms with Crippen molar-refractivity contribution < 1.29 is 0 Å². The monoisotopic (exact) mass is 222 g/mol. The van der Waals surface area contributed by atoms with E-state index >= 15 is 0 Å². The van der Waals surface area contributed by atoms with Crippen LogP contribution in [0, 0.1) is 0 Å². The van der Waals surface area contributed by atoms with E-state index in [4.69, 9.17) is 0 Å². The van der Waals surface area contributed by atoms with Gasteiger partial charge in [0.25, 0.3) is 0 Å². The number of nitrogens with zero attached hydrogens (tertiary/aromatic N) is 2. The Morgan fingerprint density at radius 2 is 1.93 bits per heavy atom. The zero-order chi connectivity index (χ0) is 10.8. The van der Waals surface area contributed by atoms with Crippen molar-refractivity contribution >= 4 is 17.4 Å². The highest BCUT2D eigenvalue weighted by Gasteiger charge is 2.22. The highest BCUT2D eigenvalue weighted by molar-refractivity contribution is 7.99. The Kier molecular flexibility index (Phi) is 3.22. The van der Waals surface area contributed by atoms with Gasteiger partial charge in [-0.3, -0.25) is 4.90 Å². The molecule has 1 aliphatic heterocycles. The molecule has 1 aliphatic rings. The van der Waals surface area contributed by atoms with Gasteiger partial charge in [0.05, 0.1) is 5.37 Å². The fourth-order valence-corrected chi connectivity index (χ4v) is 3.17. The summed E-state index contributed by atoms with van der Waals surface area (Å²) in [6, 6.07) is 8.88. The molecule has 0 spiro atoms. The minimum Gasteiger partial charge on any atom is -0.378 e. The van der Waals surface area contributed by atoms with E-state index in [0.717, 1.165) is 0 Å². The van der Waals surface area contributed by atoms with Gasteiger partial charge >= 0.3 is 0 Å². The van der Waals surface area contributed by atoms with Crippen LogP contribution < -0.4 is 4.90 Å². The van der Waals surface area contributed by atoms with Crippen molar-refractivity contribution in [3.63, 3.8) is 0 Å². The van der Waals surface area contributed by atoms with Crippen LogP contribution in [0.15, 0.2) is 24.3 Å². The molecular formula is C12H18N2S. The Balaban J connectivity index is 2.16. The summed E-state index contributed by atoms with van der Waals surface area (Å²) >= 11 is 2.03. The van der Waals surface area contributed by atoms with Gasteiger partial charge in [-0.15, -0.1) is 11.8 Å². The Morgan fingerprint density at radius 3 is 2.40 bits per heavy atom. The summed E-state index contributed by atoms with van der Waals surface area (Å²) in [5.74, 6) is 1.25. The average molecular weight is 222 g/mol. The first-order valence-corrected chi connectivity index (χ1v) is 6.32. The topological polar surface area (TPSA) is 6.48 Å². The summed E-state index contributed by atoms with van der Waals surface area (Å²) < 4.78 is 0. The van der Waals surface area contributed by atoms with Crippen LogP contribution in [0.4, 0.5) is 5.69 Å². The minimum atomic E-state index is 0.557. The van der Waals surface area contributed by atoms with Crippen LogP contribution in [-0.4, -0.2) is 38.3 Å². The fourth-order valence-electron chi connectivity index (χ4n) is 1.84. The maximum Gasteiger partial charge on any atom is 0.0812 e. The third kappa shape index (κ3) is 2.29. The number of rotatable bonds is 2. The summed E-state index contributed by atoms with van der Waals surface area (Å²) in [4.78, 5) is 4.55. The van der Waals surface area contributed by atoms with E-state index in [1.54, 1.807) is 0 Å².